The molecule has 1 aromatic rings. The summed E-state index contributed by atoms with van der Waals surface area (Å²) in [6.45, 7) is 3.79. The molecule has 6 nitrogen and oxygen atoms in total. The second-order valence-electron chi connectivity index (χ2n) is 4.74. The summed E-state index contributed by atoms with van der Waals surface area (Å²) in [5.41, 5.74) is 0. The fourth-order valence-electron chi connectivity index (χ4n) is 1.66. The predicted molar refractivity (Wildman–Crippen MR) is 76.3 cm³/mol. The molecule has 1 unspecified atom stereocenters. The van der Waals surface area contributed by atoms with Crippen LogP contribution in [0.2, 0.25) is 0 Å². The molecular weight excluding hydrogens is 302 g/mol. The number of ether oxygens (including phenoxy) is 1. The fraction of sp³-hybridized carbons (Fsp3) is 0.583. The van der Waals surface area contributed by atoms with E-state index >= 15 is 0 Å². The topological polar surface area (TPSA) is 92.7 Å². The summed E-state index contributed by atoms with van der Waals surface area (Å²) >= 11 is 0.998. The summed E-state index contributed by atoms with van der Waals surface area (Å²) in [6.07, 6.45) is -0.263. The molecule has 2 N–H and O–H groups in total. The van der Waals surface area contributed by atoms with Crippen LogP contribution in [0, 0.1) is 5.92 Å². The van der Waals surface area contributed by atoms with E-state index in [0.29, 0.717) is 6.42 Å². The van der Waals surface area contributed by atoms with Crippen LogP contribution in [0.4, 0.5) is 0 Å². The van der Waals surface area contributed by atoms with E-state index in [4.69, 9.17) is 0 Å². The molecule has 1 aromatic heterocycles. The third-order valence-electron chi connectivity index (χ3n) is 2.54. The molecule has 8 heteroatoms. The Morgan fingerprint density at radius 3 is 2.70 bits per heavy atom. The summed E-state index contributed by atoms with van der Waals surface area (Å²) < 4.78 is 31.0. The lowest BCUT2D eigenvalue weighted by Crippen LogP contribution is -2.33. The second kappa shape index (κ2) is 7.16. The third-order valence-corrected chi connectivity index (χ3v) is 5.03. The first-order valence-corrected chi connectivity index (χ1v) is 8.47. The number of esters is 1. The average Bonchev–Trinajstić information content (AvgIpc) is 2.84. The van der Waals surface area contributed by atoms with Crippen LogP contribution in [0.5, 0.6) is 0 Å². The molecule has 20 heavy (non-hydrogen) atoms. The minimum atomic E-state index is -3.83. The van der Waals surface area contributed by atoms with Crippen LogP contribution >= 0.6 is 11.3 Å². The standard InChI is InChI=1S/C12H19NO5S2/c1-8(2)6-9(14)7-13-20(16,17)10-4-5-19-11(10)12(15)18-3/h4-5,8-9,13-14H,6-7H2,1-3H3. The van der Waals surface area contributed by atoms with Gasteiger partial charge < -0.3 is 9.84 Å². The first kappa shape index (κ1) is 17.1. The summed E-state index contributed by atoms with van der Waals surface area (Å²) in [4.78, 5) is 11.4. The Kier molecular flexibility index (Phi) is 6.12. The van der Waals surface area contributed by atoms with Gasteiger partial charge in [0.05, 0.1) is 13.2 Å². The predicted octanol–water partition coefficient (Wildman–Crippen LogP) is 1.22. The summed E-state index contributed by atoms with van der Waals surface area (Å²) in [5.74, 6) is -0.426. The van der Waals surface area contributed by atoms with Gasteiger partial charge in [0, 0.05) is 6.54 Å². The molecule has 1 rings (SSSR count). The summed E-state index contributed by atoms with van der Waals surface area (Å²) in [6, 6.07) is 1.34. The van der Waals surface area contributed by atoms with E-state index in [1.807, 2.05) is 13.8 Å². The van der Waals surface area contributed by atoms with Crippen molar-refractivity contribution in [3.05, 3.63) is 16.3 Å². The van der Waals surface area contributed by atoms with Crippen LogP contribution in [0.1, 0.15) is 29.9 Å². The number of hydrogen-bond acceptors (Lipinski definition) is 6. The first-order valence-electron chi connectivity index (χ1n) is 6.11. The van der Waals surface area contributed by atoms with Crippen LogP contribution in [0.25, 0.3) is 0 Å². The first-order chi connectivity index (χ1) is 9.27. The maximum atomic E-state index is 12.1. The largest absolute Gasteiger partial charge is 0.465 e. The quantitative estimate of drug-likeness (QED) is 0.737. The average molecular weight is 321 g/mol. The van der Waals surface area contributed by atoms with Gasteiger partial charge in [-0.1, -0.05) is 13.8 Å². The lowest BCUT2D eigenvalue weighted by atomic mass is 10.1. The second-order valence-corrected chi connectivity index (χ2v) is 7.39. The highest BCUT2D eigenvalue weighted by molar-refractivity contribution is 7.89. The van der Waals surface area contributed by atoms with Gasteiger partial charge >= 0.3 is 5.97 Å². The maximum absolute atomic E-state index is 12.1. The van der Waals surface area contributed by atoms with Gasteiger partial charge in [0.2, 0.25) is 10.0 Å². The van der Waals surface area contributed by atoms with E-state index in [9.17, 15) is 18.3 Å². The molecule has 0 aromatic carbocycles. The maximum Gasteiger partial charge on any atom is 0.349 e. The number of sulfonamides is 1. The zero-order valence-electron chi connectivity index (χ0n) is 11.6. The number of hydrogen-bond donors (Lipinski definition) is 2. The van der Waals surface area contributed by atoms with Crippen LogP contribution in [0.3, 0.4) is 0 Å². The fourth-order valence-corrected chi connectivity index (χ4v) is 4.07. The number of aliphatic hydroxyl groups excluding tert-OH is 1. The molecule has 0 aliphatic heterocycles. The van der Waals surface area contributed by atoms with E-state index in [2.05, 4.69) is 9.46 Å². The van der Waals surface area contributed by atoms with Gasteiger partial charge in [0.1, 0.15) is 9.77 Å². The Morgan fingerprint density at radius 1 is 1.50 bits per heavy atom. The highest BCUT2D eigenvalue weighted by Crippen LogP contribution is 2.22. The van der Waals surface area contributed by atoms with Crippen LogP contribution in [0.15, 0.2) is 16.3 Å². The molecule has 114 valence electrons. The number of rotatable bonds is 7. The number of thiophene rings is 1. The van der Waals surface area contributed by atoms with E-state index in [0.717, 1.165) is 11.3 Å². The van der Waals surface area contributed by atoms with Crippen molar-refractivity contribution in [2.75, 3.05) is 13.7 Å². The molecule has 0 fully saturated rings. The third kappa shape index (κ3) is 4.55. The minimum absolute atomic E-state index is 0.0262. The Hall–Kier alpha value is -0.960. The van der Waals surface area contributed by atoms with E-state index in [1.165, 1.54) is 18.6 Å². The molecule has 0 aliphatic carbocycles. The molecule has 0 spiro atoms. The van der Waals surface area contributed by atoms with Crippen molar-refractivity contribution >= 4 is 27.3 Å². The number of carbonyl (C=O) groups excluding carboxylic acids is 1. The molecule has 0 aliphatic rings. The molecular formula is C12H19NO5S2. The van der Waals surface area contributed by atoms with Crippen molar-refractivity contribution in [3.8, 4) is 0 Å². The Balaban J connectivity index is 2.80. The highest BCUT2D eigenvalue weighted by Gasteiger charge is 2.25. The lowest BCUT2D eigenvalue weighted by molar-refractivity contribution is 0.0602. The Bertz CT molecular complexity index is 550. The van der Waals surface area contributed by atoms with E-state index in [1.54, 1.807) is 0 Å². The minimum Gasteiger partial charge on any atom is -0.465 e. The molecule has 1 heterocycles. The molecule has 0 saturated heterocycles. The van der Waals surface area contributed by atoms with Gasteiger partial charge in [-0.2, -0.15) is 0 Å². The molecule has 0 amide bonds. The van der Waals surface area contributed by atoms with Crippen molar-refractivity contribution in [2.24, 2.45) is 5.92 Å². The van der Waals surface area contributed by atoms with Crippen molar-refractivity contribution in [3.63, 3.8) is 0 Å². The van der Waals surface area contributed by atoms with Gasteiger partial charge in [-0.3, -0.25) is 0 Å². The van der Waals surface area contributed by atoms with E-state index in [-0.39, 0.29) is 22.2 Å². The van der Waals surface area contributed by atoms with Crippen LogP contribution in [-0.2, 0) is 14.8 Å². The van der Waals surface area contributed by atoms with Crippen LogP contribution in [-0.4, -0.2) is 39.3 Å². The SMILES string of the molecule is COC(=O)c1sccc1S(=O)(=O)NCC(O)CC(C)C. The zero-order chi connectivity index (χ0) is 15.3. The summed E-state index contributed by atoms with van der Waals surface area (Å²) in [5, 5.41) is 11.2. The van der Waals surface area contributed by atoms with Crippen molar-refractivity contribution < 1.29 is 23.1 Å². The monoisotopic (exact) mass is 321 g/mol. The highest BCUT2D eigenvalue weighted by atomic mass is 32.2. The molecule has 0 bridgehead atoms. The smallest absolute Gasteiger partial charge is 0.349 e. The van der Waals surface area contributed by atoms with Gasteiger partial charge in [-0.05, 0) is 23.8 Å². The Labute approximate surface area is 122 Å². The number of methoxy groups -OCH3 is 1. The Morgan fingerprint density at radius 2 is 2.15 bits per heavy atom. The van der Waals surface area contributed by atoms with E-state index < -0.39 is 22.1 Å². The van der Waals surface area contributed by atoms with Gasteiger partial charge in [0.15, 0.2) is 0 Å². The van der Waals surface area contributed by atoms with Crippen LogP contribution < -0.4 is 4.72 Å². The van der Waals surface area contributed by atoms with Gasteiger partial charge in [-0.25, -0.2) is 17.9 Å². The van der Waals surface area contributed by atoms with Gasteiger partial charge in [0.25, 0.3) is 0 Å². The molecule has 0 radical (unpaired) electrons. The van der Waals surface area contributed by atoms with Crippen molar-refractivity contribution in [2.45, 2.75) is 31.3 Å². The van der Waals surface area contributed by atoms with Crippen molar-refractivity contribution in [1.82, 2.24) is 4.72 Å². The lowest BCUT2D eigenvalue weighted by Gasteiger charge is -2.14. The number of carbonyl (C=O) groups is 1. The molecule has 1 atom stereocenters. The zero-order valence-corrected chi connectivity index (χ0v) is 13.3. The molecule has 0 saturated carbocycles. The number of aliphatic hydroxyl groups is 1. The normalized spacial score (nSPS) is 13.4. The number of nitrogens with one attached hydrogen (secondary N) is 1. The summed E-state index contributed by atoms with van der Waals surface area (Å²) in [7, 11) is -2.64. The van der Waals surface area contributed by atoms with Gasteiger partial charge in [-0.15, -0.1) is 11.3 Å². The van der Waals surface area contributed by atoms with Crippen molar-refractivity contribution in [1.29, 1.82) is 0 Å².